The molecule has 4 aromatic rings. The summed E-state index contributed by atoms with van der Waals surface area (Å²) in [6, 6.07) is 8.29. The maximum Gasteiger partial charge on any atom is 0.340 e. The Morgan fingerprint density at radius 1 is 1.30 bits per heavy atom. The fourth-order valence-electron chi connectivity index (χ4n) is 2.81. The normalized spacial score (nSPS) is 11.1. The maximum atomic E-state index is 12.5. The van der Waals surface area contributed by atoms with Crippen molar-refractivity contribution in [1.29, 1.82) is 0 Å². The first-order valence-electron chi connectivity index (χ1n) is 8.61. The Kier molecular flexibility index (Phi) is 4.59. The smallest absolute Gasteiger partial charge is 0.340 e. The lowest BCUT2D eigenvalue weighted by Gasteiger charge is -2.02. The van der Waals surface area contributed by atoms with Crippen molar-refractivity contribution in [3.8, 4) is 11.3 Å². The van der Waals surface area contributed by atoms with E-state index in [0.29, 0.717) is 24.5 Å². The van der Waals surface area contributed by atoms with E-state index in [1.807, 2.05) is 6.20 Å². The van der Waals surface area contributed by atoms with E-state index >= 15 is 0 Å². The maximum absolute atomic E-state index is 12.5. The second-order valence-corrected chi connectivity index (χ2v) is 6.92. The Morgan fingerprint density at radius 3 is 2.81 bits per heavy atom. The highest BCUT2D eigenvalue weighted by atomic mass is 32.1. The number of aryl methyl sites for hydroxylation is 1. The Bertz CT molecular complexity index is 1130. The number of thiazole rings is 1. The predicted octanol–water partition coefficient (Wildman–Crippen LogP) is 2.01. The van der Waals surface area contributed by atoms with Gasteiger partial charge in [-0.3, -0.25) is 14.2 Å². The van der Waals surface area contributed by atoms with Gasteiger partial charge in [0.1, 0.15) is 11.5 Å². The van der Waals surface area contributed by atoms with Crippen molar-refractivity contribution < 1.29 is 4.79 Å². The van der Waals surface area contributed by atoms with Crippen molar-refractivity contribution in [3.63, 3.8) is 0 Å². The molecular formula is C18H18N6O2S. The summed E-state index contributed by atoms with van der Waals surface area (Å²) in [4.78, 5) is 31.4. The number of amides is 1. The van der Waals surface area contributed by atoms with Crippen LogP contribution in [0.2, 0.25) is 0 Å². The van der Waals surface area contributed by atoms with E-state index in [9.17, 15) is 9.59 Å². The van der Waals surface area contributed by atoms with Gasteiger partial charge in [-0.1, -0.05) is 31.2 Å². The number of H-pyrrole nitrogens is 2. The van der Waals surface area contributed by atoms with Crippen LogP contribution in [0.5, 0.6) is 0 Å². The summed E-state index contributed by atoms with van der Waals surface area (Å²) < 4.78 is 1.81. The number of carbonyl (C=O) groups is 1. The molecule has 0 spiro atoms. The third-order valence-corrected chi connectivity index (χ3v) is 5.14. The van der Waals surface area contributed by atoms with E-state index in [0.717, 1.165) is 22.6 Å². The molecule has 0 unspecified atom stereocenters. The van der Waals surface area contributed by atoms with Gasteiger partial charge >= 0.3 is 5.69 Å². The Labute approximate surface area is 158 Å². The lowest BCUT2D eigenvalue weighted by molar-refractivity contribution is 0.0948. The van der Waals surface area contributed by atoms with Gasteiger partial charge in [0.15, 0.2) is 4.96 Å². The van der Waals surface area contributed by atoms with Crippen molar-refractivity contribution in [3.05, 3.63) is 63.4 Å². The number of hydrogen-bond donors (Lipinski definition) is 3. The molecule has 0 saturated heterocycles. The van der Waals surface area contributed by atoms with Crippen LogP contribution in [0.25, 0.3) is 16.2 Å². The Hall–Kier alpha value is -3.20. The highest BCUT2D eigenvalue weighted by Gasteiger charge is 2.15. The third-order valence-electron chi connectivity index (χ3n) is 4.30. The minimum atomic E-state index is -0.353. The number of fused-ring (bicyclic) bond motifs is 1. The number of imidazole rings is 1. The molecule has 0 bridgehead atoms. The lowest BCUT2D eigenvalue weighted by Crippen LogP contribution is -2.27. The van der Waals surface area contributed by atoms with Gasteiger partial charge in [0.2, 0.25) is 0 Å². The van der Waals surface area contributed by atoms with Crippen LogP contribution < -0.4 is 11.0 Å². The van der Waals surface area contributed by atoms with Gasteiger partial charge < -0.3 is 5.32 Å². The zero-order valence-electron chi connectivity index (χ0n) is 14.7. The van der Waals surface area contributed by atoms with Crippen molar-refractivity contribution in [2.75, 3.05) is 6.54 Å². The Morgan fingerprint density at radius 2 is 2.11 bits per heavy atom. The summed E-state index contributed by atoms with van der Waals surface area (Å²) in [6.45, 7) is 2.49. The summed E-state index contributed by atoms with van der Waals surface area (Å²) in [5.74, 6) is 0.320. The summed E-state index contributed by atoms with van der Waals surface area (Å²) in [6.07, 6.45) is 3.32. The minimum absolute atomic E-state index is 0.190. The summed E-state index contributed by atoms with van der Waals surface area (Å²) in [5.41, 5.74) is 3.32. The number of benzene rings is 1. The molecule has 4 rings (SSSR count). The zero-order chi connectivity index (χ0) is 18.8. The van der Waals surface area contributed by atoms with Crippen molar-refractivity contribution >= 4 is 22.2 Å². The summed E-state index contributed by atoms with van der Waals surface area (Å²) in [5, 5.41) is 10.7. The number of aromatic amines is 2. The molecule has 0 aliphatic heterocycles. The molecule has 9 heteroatoms. The molecule has 3 aromatic heterocycles. The third kappa shape index (κ3) is 3.54. The van der Waals surface area contributed by atoms with E-state index in [1.165, 1.54) is 16.9 Å². The van der Waals surface area contributed by atoms with Crippen LogP contribution >= 0.6 is 11.3 Å². The van der Waals surface area contributed by atoms with Gasteiger partial charge in [-0.05, 0) is 12.0 Å². The average molecular weight is 382 g/mol. The summed E-state index contributed by atoms with van der Waals surface area (Å²) in [7, 11) is 0. The van der Waals surface area contributed by atoms with Crippen LogP contribution in [0.3, 0.4) is 0 Å². The zero-order valence-corrected chi connectivity index (χ0v) is 15.5. The van der Waals surface area contributed by atoms with Crippen LogP contribution in [0.1, 0.15) is 28.8 Å². The van der Waals surface area contributed by atoms with E-state index in [1.54, 1.807) is 9.78 Å². The van der Waals surface area contributed by atoms with Crippen LogP contribution in [0, 0.1) is 0 Å². The first kappa shape index (κ1) is 17.2. The molecule has 3 heterocycles. The molecule has 1 amide bonds. The monoisotopic (exact) mass is 382 g/mol. The second kappa shape index (κ2) is 7.20. The van der Waals surface area contributed by atoms with E-state index < -0.39 is 0 Å². The molecule has 0 radical (unpaired) electrons. The molecule has 1 aromatic carbocycles. The highest BCUT2D eigenvalue weighted by Crippen LogP contribution is 2.24. The second-order valence-electron chi connectivity index (χ2n) is 6.08. The number of rotatable bonds is 6. The predicted molar refractivity (Wildman–Crippen MR) is 103 cm³/mol. The number of nitrogens with zero attached hydrogens (tertiary/aromatic N) is 3. The van der Waals surface area contributed by atoms with Crippen molar-refractivity contribution in [1.82, 2.24) is 29.9 Å². The number of carbonyl (C=O) groups excluding carboxylic acids is 1. The molecule has 27 heavy (non-hydrogen) atoms. The van der Waals surface area contributed by atoms with Gasteiger partial charge in [0, 0.05) is 30.1 Å². The van der Waals surface area contributed by atoms with Gasteiger partial charge in [0.05, 0.1) is 5.69 Å². The standard InChI is InChI=1S/C18H18N6O2S/c1-2-11-3-5-12(6-4-11)13-9-24-14(10-27-18(24)20-13)16(25)19-8-7-15-21-17(26)23-22-15/h3-6,9-10H,2,7-8H2,1H3,(H,19,25)(H2,21,22,23,26). The molecule has 8 nitrogen and oxygen atoms in total. The van der Waals surface area contributed by atoms with E-state index in [-0.39, 0.29) is 11.6 Å². The molecule has 0 fully saturated rings. The Balaban J connectivity index is 1.49. The number of nitrogens with one attached hydrogen (secondary N) is 3. The number of hydrogen-bond acceptors (Lipinski definition) is 5. The molecule has 0 aliphatic rings. The van der Waals surface area contributed by atoms with E-state index in [4.69, 9.17) is 0 Å². The van der Waals surface area contributed by atoms with Crippen LogP contribution in [0.4, 0.5) is 0 Å². The fourth-order valence-corrected chi connectivity index (χ4v) is 3.66. The van der Waals surface area contributed by atoms with Gasteiger partial charge in [-0.2, -0.15) is 5.10 Å². The minimum Gasteiger partial charge on any atom is -0.350 e. The van der Waals surface area contributed by atoms with Crippen molar-refractivity contribution in [2.24, 2.45) is 0 Å². The SMILES string of the molecule is CCc1ccc(-c2cn3c(C(=O)NCCc4n[nH]c(=O)[nH]4)csc3n2)cc1. The van der Waals surface area contributed by atoms with E-state index in [2.05, 4.69) is 56.7 Å². The van der Waals surface area contributed by atoms with Gasteiger partial charge in [-0.25, -0.2) is 14.9 Å². The highest BCUT2D eigenvalue weighted by molar-refractivity contribution is 7.15. The van der Waals surface area contributed by atoms with Gasteiger partial charge in [0.25, 0.3) is 5.91 Å². The van der Waals surface area contributed by atoms with Crippen LogP contribution in [-0.2, 0) is 12.8 Å². The largest absolute Gasteiger partial charge is 0.350 e. The molecule has 138 valence electrons. The van der Waals surface area contributed by atoms with Crippen molar-refractivity contribution in [2.45, 2.75) is 19.8 Å². The molecule has 3 N–H and O–H groups in total. The first-order chi connectivity index (χ1) is 13.1. The van der Waals surface area contributed by atoms with Crippen LogP contribution in [0.15, 0.2) is 40.6 Å². The molecular weight excluding hydrogens is 364 g/mol. The fraction of sp³-hybridized carbons (Fsp3) is 0.222. The first-order valence-corrected chi connectivity index (χ1v) is 9.49. The summed E-state index contributed by atoms with van der Waals surface area (Å²) >= 11 is 1.42. The van der Waals surface area contributed by atoms with Gasteiger partial charge in [-0.15, -0.1) is 11.3 Å². The molecule has 0 atom stereocenters. The lowest BCUT2D eigenvalue weighted by atomic mass is 10.1. The number of aromatic nitrogens is 5. The molecule has 0 aliphatic carbocycles. The topological polar surface area (TPSA) is 108 Å². The quantitative estimate of drug-likeness (QED) is 0.474. The molecule has 0 saturated carbocycles. The van der Waals surface area contributed by atoms with Crippen LogP contribution in [-0.4, -0.2) is 37.0 Å². The average Bonchev–Trinajstić information content (AvgIpc) is 3.37.